The van der Waals surface area contributed by atoms with Gasteiger partial charge in [-0.3, -0.25) is 4.90 Å². The van der Waals surface area contributed by atoms with E-state index in [0.717, 1.165) is 19.1 Å². The monoisotopic (exact) mass is 555 g/mol. The Morgan fingerprint density at radius 3 is 2.11 bits per heavy atom. The van der Waals surface area contributed by atoms with Gasteiger partial charge in [0.25, 0.3) is 0 Å². The lowest BCUT2D eigenvalue weighted by molar-refractivity contribution is -0.139. The van der Waals surface area contributed by atoms with Crippen molar-refractivity contribution in [1.82, 2.24) is 0 Å². The second kappa shape index (κ2) is 11.0. The molecule has 10 nitrogen and oxygen atoms in total. The zero-order valence-corrected chi connectivity index (χ0v) is 21.4. The van der Waals surface area contributed by atoms with Crippen LogP contribution in [-0.2, 0) is 23.8 Å². The number of methoxy groups -OCH3 is 4. The smallest absolute Gasteiger partial charge is 0.355 e. The number of halogens is 1. The Hall–Kier alpha value is -4.30. The van der Waals surface area contributed by atoms with Gasteiger partial charge >= 0.3 is 17.9 Å². The molecule has 0 aliphatic carbocycles. The van der Waals surface area contributed by atoms with E-state index in [0.29, 0.717) is 11.3 Å². The molecule has 0 saturated heterocycles. The van der Waals surface area contributed by atoms with Crippen molar-refractivity contribution in [2.75, 3.05) is 33.3 Å². The van der Waals surface area contributed by atoms with E-state index in [-0.39, 0.29) is 38.4 Å². The van der Waals surface area contributed by atoms with Gasteiger partial charge < -0.3 is 24.7 Å². The Labute approximate surface area is 215 Å². The predicted octanol–water partition coefficient (Wildman–Crippen LogP) is 3.14. The maximum Gasteiger partial charge on any atom is 0.355 e. The van der Waals surface area contributed by atoms with Crippen LogP contribution in [0.4, 0.5) is 5.69 Å². The number of nitrogens with two attached hydrogens (primary N) is 1. The topological polar surface area (TPSA) is 141 Å². The van der Waals surface area contributed by atoms with Crippen LogP contribution in [0.1, 0.15) is 21.8 Å². The molecule has 0 bridgehead atoms. The Morgan fingerprint density at radius 1 is 0.972 bits per heavy atom. The van der Waals surface area contributed by atoms with E-state index in [2.05, 4.69) is 22.0 Å². The van der Waals surface area contributed by atoms with Crippen molar-refractivity contribution in [2.45, 2.75) is 5.92 Å². The van der Waals surface area contributed by atoms with Crippen molar-refractivity contribution in [3.63, 3.8) is 0 Å². The molecule has 0 amide bonds. The minimum Gasteiger partial charge on any atom is -0.497 e. The van der Waals surface area contributed by atoms with Crippen LogP contribution >= 0.6 is 15.9 Å². The van der Waals surface area contributed by atoms with Crippen molar-refractivity contribution < 1.29 is 33.3 Å². The van der Waals surface area contributed by atoms with Gasteiger partial charge in [0.05, 0.1) is 62.8 Å². The quantitative estimate of drug-likeness (QED) is 0.417. The van der Waals surface area contributed by atoms with Crippen LogP contribution in [0.3, 0.4) is 0 Å². The average Bonchev–Trinajstić information content (AvgIpc) is 2.91. The van der Waals surface area contributed by atoms with Crippen LogP contribution in [0.15, 0.2) is 69.6 Å². The number of benzene rings is 2. The van der Waals surface area contributed by atoms with Gasteiger partial charge in [0.2, 0.25) is 0 Å². The molecule has 0 fully saturated rings. The number of hydrogen-bond donors (Lipinski definition) is 1. The predicted molar refractivity (Wildman–Crippen MR) is 132 cm³/mol. The zero-order chi connectivity index (χ0) is 26.6. The lowest BCUT2D eigenvalue weighted by Crippen LogP contribution is -2.41. The lowest BCUT2D eigenvalue weighted by Gasteiger charge is -2.37. The number of carbonyl (C=O) groups is 3. The molecule has 0 spiro atoms. The Kier molecular flexibility index (Phi) is 8.01. The first-order chi connectivity index (χ1) is 17.2. The van der Waals surface area contributed by atoms with Crippen molar-refractivity contribution >= 4 is 39.5 Å². The third-order valence-electron chi connectivity index (χ3n) is 5.51. The van der Waals surface area contributed by atoms with E-state index in [1.165, 1.54) is 26.4 Å². The molecular formula is C25H22BrN3O7. The van der Waals surface area contributed by atoms with Gasteiger partial charge in [-0.2, -0.15) is 5.26 Å². The van der Waals surface area contributed by atoms with Crippen LogP contribution in [0.5, 0.6) is 5.75 Å². The Morgan fingerprint density at radius 2 is 1.58 bits per heavy atom. The van der Waals surface area contributed by atoms with E-state index in [1.807, 2.05) is 0 Å². The van der Waals surface area contributed by atoms with Crippen LogP contribution in [0.2, 0.25) is 0 Å². The maximum absolute atomic E-state index is 13.2. The van der Waals surface area contributed by atoms with Gasteiger partial charge in [0.1, 0.15) is 17.3 Å². The first-order valence-electron chi connectivity index (χ1n) is 10.4. The number of allylic oxidation sites excluding steroid dienone is 1. The van der Waals surface area contributed by atoms with E-state index >= 15 is 0 Å². The van der Waals surface area contributed by atoms with Gasteiger partial charge in [0, 0.05) is 4.47 Å². The lowest BCUT2D eigenvalue weighted by atomic mass is 9.80. The number of ether oxygens (including phenoxy) is 4. The molecule has 1 heterocycles. The highest BCUT2D eigenvalue weighted by molar-refractivity contribution is 9.10. The van der Waals surface area contributed by atoms with Crippen molar-refractivity contribution in [3.05, 3.63) is 80.7 Å². The molecule has 36 heavy (non-hydrogen) atoms. The first-order valence-corrected chi connectivity index (χ1v) is 11.2. The number of nitrogens with zero attached hydrogens (tertiary/aromatic N) is 2. The standard InChI is InChI=1S/C25H22BrN3O7/c1-33-14-10-15(23(30)34-2)20(17(26)11-14)29-21(25(32)36-4)19(24(31)35-3)18(16(12-27)22(29)28)13-8-6-5-7-9-13/h5-11,18H,28H2,1-4H3. The van der Waals surface area contributed by atoms with Crippen LogP contribution in [0, 0.1) is 11.3 Å². The normalized spacial score (nSPS) is 15.2. The number of carbonyl (C=O) groups excluding carboxylic acids is 3. The fourth-order valence-electron chi connectivity index (χ4n) is 3.93. The van der Waals surface area contributed by atoms with E-state index in [9.17, 15) is 19.6 Å². The molecule has 2 aromatic carbocycles. The van der Waals surface area contributed by atoms with Gasteiger partial charge in [-0.1, -0.05) is 30.3 Å². The molecule has 2 N–H and O–H groups in total. The van der Waals surface area contributed by atoms with E-state index < -0.39 is 23.8 Å². The van der Waals surface area contributed by atoms with E-state index in [1.54, 1.807) is 30.3 Å². The second-order valence-corrected chi connectivity index (χ2v) is 8.19. The molecule has 1 atom stereocenters. The summed E-state index contributed by atoms with van der Waals surface area (Å²) in [5.74, 6) is -3.58. The van der Waals surface area contributed by atoms with Crippen LogP contribution < -0.4 is 15.4 Å². The molecule has 0 saturated carbocycles. The Bertz CT molecular complexity index is 1330. The van der Waals surface area contributed by atoms with E-state index in [4.69, 9.17) is 24.7 Å². The maximum atomic E-state index is 13.2. The van der Waals surface area contributed by atoms with Crippen molar-refractivity contribution in [3.8, 4) is 11.8 Å². The molecule has 186 valence electrons. The number of anilines is 1. The van der Waals surface area contributed by atoms with Gasteiger partial charge in [-0.25, -0.2) is 14.4 Å². The summed E-state index contributed by atoms with van der Waals surface area (Å²) in [6.07, 6.45) is 0. The summed E-state index contributed by atoms with van der Waals surface area (Å²) in [6.45, 7) is 0. The number of esters is 3. The van der Waals surface area contributed by atoms with Crippen molar-refractivity contribution in [1.29, 1.82) is 5.26 Å². The first kappa shape index (κ1) is 26.3. The highest BCUT2D eigenvalue weighted by Crippen LogP contribution is 2.46. The zero-order valence-electron chi connectivity index (χ0n) is 19.8. The summed E-state index contributed by atoms with van der Waals surface area (Å²) in [7, 11) is 4.86. The molecule has 11 heteroatoms. The number of hydrogen-bond acceptors (Lipinski definition) is 10. The third kappa shape index (κ3) is 4.50. The molecule has 1 aliphatic rings. The second-order valence-electron chi connectivity index (χ2n) is 7.33. The number of rotatable bonds is 6. The highest BCUT2D eigenvalue weighted by atomic mass is 79.9. The van der Waals surface area contributed by atoms with Gasteiger partial charge in [-0.05, 0) is 33.6 Å². The summed E-state index contributed by atoms with van der Waals surface area (Å²) in [5, 5.41) is 10.2. The average molecular weight is 556 g/mol. The van der Waals surface area contributed by atoms with Gasteiger partial charge in [-0.15, -0.1) is 0 Å². The largest absolute Gasteiger partial charge is 0.497 e. The molecular weight excluding hydrogens is 534 g/mol. The fourth-order valence-corrected chi connectivity index (χ4v) is 4.55. The molecule has 0 aromatic heterocycles. The SMILES string of the molecule is COC(=O)C1=C(C(=O)OC)N(c2c(Br)cc(OC)cc2C(=O)OC)C(N)=C(C#N)C1c1ccccc1. The van der Waals surface area contributed by atoms with Crippen LogP contribution in [0.25, 0.3) is 0 Å². The molecule has 1 aliphatic heterocycles. The molecule has 1 unspecified atom stereocenters. The fraction of sp³-hybridized carbons (Fsp3) is 0.200. The van der Waals surface area contributed by atoms with Gasteiger partial charge in [0.15, 0.2) is 0 Å². The Balaban J connectivity index is 2.52. The highest BCUT2D eigenvalue weighted by Gasteiger charge is 2.44. The minimum absolute atomic E-state index is 0.0289. The number of nitriles is 1. The molecule has 0 radical (unpaired) electrons. The molecule has 3 rings (SSSR count). The summed E-state index contributed by atoms with van der Waals surface area (Å²) in [4.78, 5) is 40.3. The summed E-state index contributed by atoms with van der Waals surface area (Å²) < 4.78 is 20.5. The summed E-state index contributed by atoms with van der Waals surface area (Å²) in [5.41, 5.74) is 6.42. The molecule has 2 aromatic rings. The minimum atomic E-state index is -1.05. The third-order valence-corrected chi connectivity index (χ3v) is 6.12. The summed E-state index contributed by atoms with van der Waals surface area (Å²) >= 11 is 3.39. The van der Waals surface area contributed by atoms with Crippen molar-refractivity contribution in [2.24, 2.45) is 5.73 Å². The summed E-state index contributed by atoms with van der Waals surface area (Å²) in [6, 6.07) is 13.5. The van der Waals surface area contributed by atoms with Crippen LogP contribution in [-0.4, -0.2) is 46.3 Å².